The molecular formula is C16H18N2O3. The van der Waals surface area contributed by atoms with Gasteiger partial charge in [-0.25, -0.2) is 5.06 Å². The van der Waals surface area contributed by atoms with Crippen molar-refractivity contribution >= 4 is 16.8 Å². The number of aryl methyl sites for hydroxylation is 2. The number of aromatic nitrogens is 1. The van der Waals surface area contributed by atoms with Gasteiger partial charge in [-0.05, 0) is 37.1 Å². The molecule has 0 saturated carbocycles. The lowest BCUT2D eigenvalue weighted by Gasteiger charge is -2.16. The number of hydrogen-bond acceptors (Lipinski definition) is 4. The van der Waals surface area contributed by atoms with Crippen molar-refractivity contribution in [1.82, 2.24) is 10.0 Å². The highest BCUT2D eigenvalue weighted by Crippen LogP contribution is 2.23. The summed E-state index contributed by atoms with van der Waals surface area (Å²) in [6.45, 7) is 4.30. The Balaban J connectivity index is 2.09. The van der Waals surface area contributed by atoms with E-state index in [4.69, 9.17) is 4.84 Å². The Bertz CT molecular complexity index is 699. The van der Waals surface area contributed by atoms with E-state index in [1.807, 2.05) is 25.1 Å². The molecule has 1 saturated heterocycles. The Morgan fingerprint density at radius 2 is 2.29 bits per heavy atom. The van der Waals surface area contributed by atoms with E-state index < -0.39 is 6.10 Å². The van der Waals surface area contributed by atoms with Crippen LogP contribution in [0.1, 0.15) is 28.5 Å². The zero-order valence-electron chi connectivity index (χ0n) is 12.2. The minimum atomic E-state index is -0.616. The molecule has 0 bridgehead atoms. The number of aliphatic hydroxyl groups is 1. The van der Waals surface area contributed by atoms with Crippen LogP contribution >= 0.6 is 0 Å². The lowest BCUT2D eigenvalue weighted by Crippen LogP contribution is -2.28. The van der Waals surface area contributed by atoms with Gasteiger partial charge in [0.2, 0.25) is 0 Å². The van der Waals surface area contributed by atoms with Gasteiger partial charge in [0, 0.05) is 11.1 Å². The number of benzene rings is 1. The molecule has 0 radical (unpaired) electrons. The van der Waals surface area contributed by atoms with Gasteiger partial charge in [0.05, 0.1) is 17.6 Å². The van der Waals surface area contributed by atoms with E-state index in [0.717, 1.165) is 28.6 Å². The van der Waals surface area contributed by atoms with Crippen molar-refractivity contribution in [3.8, 4) is 0 Å². The standard InChI is InChI=1S/C16H18N2O3/c1-3-11-4-5-15-13(7-11)14(6-10(2)17-15)16(20)18-8-12(19)9-21-18/h4-7,12,19H,3,8-9H2,1-2H3/t12-/m1/s1. The van der Waals surface area contributed by atoms with E-state index in [1.54, 1.807) is 6.07 Å². The molecule has 1 N–H and O–H groups in total. The molecule has 0 aliphatic carbocycles. The molecule has 3 rings (SSSR count). The third-order valence-electron chi connectivity index (χ3n) is 3.67. The van der Waals surface area contributed by atoms with Crippen LogP contribution < -0.4 is 0 Å². The third-order valence-corrected chi connectivity index (χ3v) is 3.67. The van der Waals surface area contributed by atoms with Crippen LogP contribution in [0.4, 0.5) is 0 Å². The number of carbonyl (C=O) groups excluding carboxylic acids is 1. The van der Waals surface area contributed by atoms with Crippen molar-refractivity contribution < 1.29 is 14.7 Å². The highest BCUT2D eigenvalue weighted by Gasteiger charge is 2.28. The van der Waals surface area contributed by atoms with Gasteiger partial charge in [-0.1, -0.05) is 13.0 Å². The molecule has 5 nitrogen and oxygen atoms in total. The minimum Gasteiger partial charge on any atom is -0.389 e. The monoisotopic (exact) mass is 286 g/mol. The van der Waals surface area contributed by atoms with Gasteiger partial charge in [-0.15, -0.1) is 0 Å². The largest absolute Gasteiger partial charge is 0.389 e. The van der Waals surface area contributed by atoms with Crippen LogP contribution in [0.2, 0.25) is 0 Å². The van der Waals surface area contributed by atoms with Crippen molar-refractivity contribution in [3.63, 3.8) is 0 Å². The molecule has 1 amide bonds. The molecule has 0 unspecified atom stereocenters. The van der Waals surface area contributed by atoms with E-state index in [9.17, 15) is 9.90 Å². The molecule has 1 aromatic heterocycles. The summed E-state index contributed by atoms with van der Waals surface area (Å²) in [5.41, 5.74) is 3.32. The molecule has 0 spiro atoms. The number of β-amino-alcohol motifs (C(OH)–C–C–N with tert-alkyl or cyclic N) is 1. The maximum atomic E-state index is 12.6. The summed E-state index contributed by atoms with van der Waals surface area (Å²) in [7, 11) is 0. The predicted octanol–water partition coefficient (Wildman–Crippen LogP) is 1.85. The maximum Gasteiger partial charge on any atom is 0.278 e. The summed E-state index contributed by atoms with van der Waals surface area (Å²) in [4.78, 5) is 22.3. The van der Waals surface area contributed by atoms with Gasteiger partial charge in [0.15, 0.2) is 0 Å². The number of nitrogens with zero attached hydrogens (tertiary/aromatic N) is 2. The summed E-state index contributed by atoms with van der Waals surface area (Å²) >= 11 is 0. The van der Waals surface area contributed by atoms with Crippen LogP contribution in [0.5, 0.6) is 0 Å². The predicted molar refractivity (Wildman–Crippen MR) is 78.9 cm³/mol. The summed E-state index contributed by atoms with van der Waals surface area (Å²) in [6.07, 6.45) is 0.283. The first-order chi connectivity index (χ1) is 10.1. The fourth-order valence-corrected chi connectivity index (χ4v) is 2.55. The molecule has 1 aliphatic heterocycles. The van der Waals surface area contributed by atoms with E-state index in [0.29, 0.717) is 5.56 Å². The Kier molecular flexibility index (Phi) is 3.61. The van der Waals surface area contributed by atoms with Crippen LogP contribution in [-0.2, 0) is 11.3 Å². The molecule has 1 aromatic carbocycles. The van der Waals surface area contributed by atoms with Crippen LogP contribution in [-0.4, -0.2) is 40.3 Å². The van der Waals surface area contributed by atoms with Gasteiger partial charge in [0.25, 0.3) is 5.91 Å². The summed E-state index contributed by atoms with van der Waals surface area (Å²) < 4.78 is 0. The molecule has 2 heterocycles. The number of hydroxylamine groups is 2. The van der Waals surface area contributed by atoms with Gasteiger partial charge in [-0.2, -0.15) is 0 Å². The highest BCUT2D eigenvalue weighted by molar-refractivity contribution is 6.06. The smallest absolute Gasteiger partial charge is 0.278 e. The van der Waals surface area contributed by atoms with Crippen molar-refractivity contribution in [2.24, 2.45) is 0 Å². The average Bonchev–Trinajstić information content (AvgIpc) is 2.91. The molecule has 1 atom stereocenters. The van der Waals surface area contributed by atoms with E-state index >= 15 is 0 Å². The van der Waals surface area contributed by atoms with Crippen molar-refractivity contribution in [3.05, 3.63) is 41.1 Å². The Hall–Kier alpha value is -1.98. The number of fused-ring (bicyclic) bond motifs is 1. The van der Waals surface area contributed by atoms with Crippen molar-refractivity contribution in [1.29, 1.82) is 0 Å². The van der Waals surface area contributed by atoms with Gasteiger partial charge >= 0.3 is 0 Å². The zero-order valence-corrected chi connectivity index (χ0v) is 12.2. The lowest BCUT2D eigenvalue weighted by molar-refractivity contribution is -0.0778. The number of amides is 1. The Morgan fingerprint density at radius 1 is 1.48 bits per heavy atom. The molecular weight excluding hydrogens is 268 g/mol. The first-order valence-corrected chi connectivity index (χ1v) is 7.11. The van der Waals surface area contributed by atoms with Crippen LogP contribution in [0.3, 0.4) is 0 Å². The lowest BCUT2D eigenvalue weighted by atomic mass is 10.0. The molecule has 1 aliphatic rings. The number of aliphatic hydroxyl groups excluding tert-OH is 1. The summed E-state index contributed by atoms with van der Waals surface area (Å²) in [5, 5.41) is 11.6. The fraction of sp³-hybridized carbons (Fsp3) is 0.375. The van der Waals surface area contributed by atoms with E-state index in [-0.39, 0.29) is 19.1 Å². The first kappa shape index (κ1) is 14.0. The van der Waals surface area contributed by atoms with E-state index in [1.165, 1.54) is 5.06 Å². The normalized spacial score (nSPS) is 18.4. The second kappa shape index (κ2) is 5.42. The average molecular weight is 286 g/mol. The Morgan fingerprint density at radius 3 is 2.95 bits per heavy atom. The highest BCUT2D eigenvalue weighted by atomic mass is 16.7. The van der Waals surface area contributed by atoms with E-state index in [2.05, 4.69) is 11.9 Å². The van der Waals surface area contributed by atoms with Crippen molar-refractivity contribution in [2.75, 3.05) is 13.2 Å². The topological polar surface area (TPSA) is 62.7 Å². The molecule has 110 valence electrons. The fourth-order valence-electron chi connectivity index (χ4n) is 2.55. The summed E-state index contributed by atoms with van der Waals surface area (Å²) in [5.74, 6) is -0.227. The number of pyridine rings is 1. The minimum absolute atomic E-state index is 0.161. The quantitative estimate of drug-likeness (QED) is 0.915. The van der Waals surface area contributed by atoms with Gasteiger partial charge < -0.3 is 5.11 Å². The zero-order chi connectivity index (χ0) is 15.0. The van der Waals surface area contributed by atoms with Crippen LogP contribution in [0.25, 0.3) is 10.9 Å². The second-order valence-electron chi connectivity index (χ2n) is 5.33. The van der Waals surface area contributed by atoms with Crippen molar-refractivity contribution in [2.45, 2.75) is 26.4 Å². The van der Waals surface area contributed by atoms with Crippen LogP contribution in [0, 0.1) is 6.92 Å². The Labute approximate surface area is 123 Å². The second-order valence-corrected chi connectivity index (χ2v) is 5.33. The number of rotatable bonds is 2. The molecule has 2 aromatic rings. The van der Waals surface area contributed by atoms with Gasteiger partial charge in [0.1, 0.15) is 12.7 Å². The first-order valence-electron chi connectivity index (χ1n) is 7.11. The maximum absolute atomic E-state index is 12.6. The molecule has 1 fully saturated rings. The molecule has 21 heavy (non-hydrogen) atoms. The third kappa shape index (κ3) is 2.62. The number of hydrogen-bond donors (Lipinski definition) is 1. The number of carbonyl (C=O) groups is 1. The van der Waals surface area contributed by atoms with Crippen LogP contribution in [0.15, 0.2) is 24.3 Å². The van der Waals surface area contributed by atoms with Gasteiger partial charge in [-0.3, -0.25) is 14.6 Å². The molecule has 5 heteroatoms. The summed E-state index contributed by atoms with van der Waals surface area (Å²) in [6, 6.07) is 7.75. The SMILES string of the molecule is CCc1ccc2nc(C)cc(C(=O)N3C[C@@H](O)CO3)c2c1.